The number of hydrogen-bond acceptors (Lipinski definition) is 5. The van der Waals surface area contributed by atoms with Crippen LogP contribution in [-0.2, 0) is 17.8 Å². The summed E-state index contributed by atoms with van der Waals surface area (Å²) in [4.78, 5) is 11.9. The Balaban J connectivity index is 1.54. The summed E-state index contributed by atoms with van der Waals surface area (Å²) in [6.07, 6.45) is 0.0863. The fourth-order valence-corrected chi connectivity index (χ4v) is 2.56. The van der Waals surface area contributed by atoms with E-state index in [0.717, 1.165) is 11.1 Å². The van der Waals surface area contributed by atoms with Crippen LogP contribution >= 0.6 is 11.3 Å². The van der Waals surface area contributed by atoms with E-state index in [1.807, 2.05) is 48.0 Å². The van der Waals surface area contributed by atoms with E-state index in [1.165, 1.54) is 5.56 Å². The molecule has 3 aromatic rings. The van der Waals surface area contributed by atoms with Crippen LogP contribution in [0.3, 0.4) is 0 Å². The topological polar surface area (TPSA) is 68.0 Å². The Morgan fingerprint density at radius 1 is 1.23 bits per heavy atom. The van der Waals surface area contributed by atoms with Crippen LogP contribution in [0.25, 0.3) is 11.5 Å². The van der Waals surface area contributed by atoms with Gasteiger partial charge >= 0.3 is 0 Å². The monoisotopic (exact) mass is 313 g/mol. The minimum Gasteiger partial charge on any atom is -0.420 e. The number of benzene rings is 1. The molecule has 0 fully saturated rings. The average Bonchev–Trinajstić information content (AvgIpc) is 3.17. The normalized spacial score (nSPS) is 10.6. The van der Waals surface area contributed by atoms with Gasteiger partial charge in [-0.05, 0) is 23.9 Å². The van der Waals surface area contributed by atoms with Crippen molar-refractivity contribution in [3.8, 4) is 11.5 Å². The fourth-order valence-electron chi connectivity index (χ4n) is 1.93. The number of nitrogens with one attached hydrogen (secondary N) is 1. The lowest BCUT2D eigenvalue weighted by atomic mass is 10.1. The molecular weight excluding hydrogens is 298 g/mol. The van der Waals surface area contributed by atoms with Gasteiger partial charge in [0.25, 0.3) is 0 Å². The molecule has 2 aromatic heterocycles. The van der Waals surface area contributed by atoms with Crippen molar-refractivity contribution in [1.29, 1.82) is 0 Å². The first kappa shape index (κ1) is 14.5. The van der Waals surface area contributed by atoms with Crippen molar-refractivity contribution in [3.05, 3.63) is 58.1 Å². The highest BCUT2D eigenvalue weighted by atomic mass is 32.1. The van der Waals surface area contributed by atoms with Crippen molar-refractivity contribution in [3.63, 3.8) is 0 Å². The molecule has 0 atom stereocenters. The lowest BCUT2D eigenvalue weighted by Crippen LogP contribution is -2.24. The highest BCUT2D eigenvalue weighted by molar-refractivity contribution is 7.08. The van der Waals surface area contributed by atoms with Crippen LogP contribution < -0.4 is 5.32 Å². The molecule has 6 heteroatoms. The van der Waals surface area contributed by atoms with Crippen molar-refractivity contribution in [1.82, 2.24) is 15.5 Å². The molecule has 1 amide bonds. The maximum absolute atomic E-state index is 11.9. The zero-order valence-electron chi connectivity index (χ0n) is 12.1. The Labute approximate surface area is 132 Å². The maximum Gasteiger partial charge on any atom is 0.248 e. The number of carbonyl (C=O) groups excluding carboxylic acids is 1. The minimum atomic E-state index is -0.138. The van der Waals surface area contributed by atoms with E-state index in [2.05, 4.69) is 15.5 Å². The zero-order chi connectivity index (χ0) is 15.4. The van der Waals surface area contributed by atoms with Crippen molar-refractivity contribution >= 4 is 17.2 Å². The molecule has 0 saturated heterocycles. The molecule has 22 heavy (non-hydrogen) atoms. The SMILES string of the molecule is Cc1ccc(CNC(=O)Cc2nnc(-c3ccsc3)o2)cc1. The summed E-state index contributed by atoms with van der Waals surface area (Å²) >= 11 is 1.56. The Kier molecular flexibility index (Phi) is 4.29. The molecule has 3 rings (SSSR count). The van der Waals surface area contributed by atoms with E-state index in [0.29, 0.717) is 18.3 Å². The largest absolute Gasteiger partial charge is 0.420 e. The molecule has 0 spiro atoms. The summed E-state index contributed by atoms with van der Waals surface area (Å²) in [5.74, 6) is 0.631. The number of hydrogen-bond donors (Lipinski definition) is 1. The predicted molar refractivity (Wildman–Crippen MR) is 84.3 cm³/mol. The van der Waals surface area contributed by atoms with Crippen molar-refractivity contribution < 1.29 is 9.21 Å². The van der Waals surface area contributed by atoms with E-state index in [1.54, 1.807) is 11.3 Å². The second-order valence-corrected chi connectivity index (χ2v) is 5.73. The third-order valence-corrected chi connectivity index (χ3v) is 3.84. The predicted octanol–water partition coefficient (Wildman–Crippen LogP) is 2.97. The maximum atomic E-state index is 11.9. The van der Waals surface area contributed by atoms with Gasteiger partial charge in [0, 0.05) is 17.5 Å². The highest BCUT2D eigenvalue weighted by Gasteiger charge is 2.12. The second-order valence-electron chi connectivity index (χ2n) is 4.95. The van der Waals surface area contributed by atoms with Crippen LogP contribution in [0, 0.1) is 6.92 Å². The number of rotatable bonds is 5. The summed E-state index contributed by atoms with van der Waals surface area (Å²) in [5, 5.41) is 14.6. The molecule has 0 bridgehead atoms. The highest BCUT2D eigenvalue weighted by Crippen LogP contribution is 2.20. The van der Waals surface area contributed by atoms with Crippen LogP contribution in [-0.4, -0.2) is 16.1 Å². The third-order valence-electron chi connectivity index (χ3n) is 3.16. The molecule has 1 aromatic carbocycles. The lowest BCUT2D eigenvalue weighted by Gasteiger charge is -2.04. The van der Waals surface area contributed by atoms with Gasteiger partial charge < -0.3 is 9.73 Å². The van der Waals surface area contributed by atoms with Crippen molar-refractivity contribution in [2.45, 2.75) is 19.9 Å². The molecule has 0 saturated carbocycles. The Morgan fingerprint density at radius 2 is 2.05 bits per heavy atom. The van der Waals surface area contributed by atoms with Crippen LogP contribution in [0.5, 0.6) is 0 Å². The first-order valence-electron chi connectivity index (χ1n) is 6.88. The molecule has 0 aliphatic rings. The van der Waals surface area contributed by atoms with Gasteiger partial charge in [0.05, 0.1) is 0 Å². The fraction of sp³-hybridized carbons (Fsp3) is 0.188. The van der Waals surface area contributed by atoms with Gasteiger partial charge in [0.15, 0.2) is 0 Å². The van der Waals surface area contributed by atoms with Crippen molar-refractivity contribution in [2.75, 3.05) is 0 Å². The van der Waals surface area contributed by atoms with Gasteiger partial charge in [-0.25, -0.2) is 0 Å². The Bertz CT molecular complexity index is 748. The number of amides is 1. The van der Waals surface area contributed by atoms with E-state index < -0.39 is 0 Å². The van der Waals surface area contributed by atoms with Gasteiger partial charge in [-0.15, -0.1) is 10.2 Å². The molecule has 0 unspecified atom stereocenters. The van der Waals surface area contributed by atoms with Crippen LogP contribution in [0.2, 0.25) is 0 Å². The van der Waals surface area contributed by atoms with E-state index in [9.17, 15) is 4.79 Å². The minimum absolute atomic E-state index is 0.0863. The molecule has 0 radical (unpaired) electrons. The van der Waals surface area contributed by atoms with Gasteiger partial charge in [0.2, 0.25) is 17.7 Å². The lowest BCUT2D eigenvalue weighted by molar-refractivity contribution is -0.120. The summed E-state index contributed by atoms with van der Waals surface area (Å²) in [5.41, 5.74) is 3.13. The first-order valence-corrected chi connectivity index (χ1v) is 7.82. The molecule has 2 heterocycles. The number of carbonyl (C=O) groups is 1. The summed E-state index contributed by atoms with van der Waals surface area (Å²) in [7, 11) is 0. The number of aromatic nitrogens is 2. The quantitative estimate of drug-likeness (QED) is 0.786. The Morgan fingerprint density at radius 3 is 2.77 bits per heavy atom. The van der Waals surface area contributed by atoms with Crippen LogP contribution in [0.4, 0.5) is 0 Å². The first-order chi connectivity index (χ1) is 10.7. The van der Waals surface area contributed by atoms with E-state index in [-0.39, 0.29) is 12.3 Å². The van der Waals surface area contributed by atoms with Crippen molar-refractivity contribution in [2.24, 2.45) is 0 Å². The number of thiophene rings is 1. The third kappa shape index (κ3) is 3.59. The molecular formula is C16H15N3O2S. The van der Waals surface area contributed by atoms with Gasteiger partial charge in [-0.1, -0.05) is 29.8 Å². The van der Waals surface area contributed by atoms with E-state index in [4.69, 9.17) is 4.42 Å². The smallest absolute Gasteiger partial charge is 0.248 e. The zero-order valence-corrected chi connectivity index (χ0v) is 12.9. The molecule has 0 aliphatic heterocycles. The number of aryl methyl sites for hydroxylation is 1. The van der Waals surface area contributed by atoms with Gasteiger partial charge in [-0.2, -0.15) is 11.3 Å². The molecule has 1 N–H and O–H groups in total. The van der Waals surface area contributed by atoms with E-state index >= 15 is 0 Å². The standard InChI is InChI=1S/C16H15N3O2S/c1-11-2-4-12(5-3-11)9-17-14(20)8-15-18-19-16(21-15)13-6-7-22-10-13/h2-7,10H,8-9H2,1H3,(H,17,20). The summed E-state index contributed by atoms with van der Waals surface area (Å²) in [6, 6.07) is 9.94. The second kappa shape index (κ2) is 6.53. The molecule has 5 nitrogen and oxygen atoms in total. The van der Waals surface area contributed by atoms with Crippen LogP contribution in [0.1, 0.15) is 17.0 Å². The molecule has 112 valence electrons. The summed E-state index contributed by atoms with van der Waals surface area (Å²) in [6.45, 7) is 2.52. The molecule has 0 aliphatic carbocycles. The Hall–Kier alpha value is -2.47. The number of nitrogens with zero attached hydrogens (tertiary/aromatic N) is 2. The van der Waals surface area contributed by atoms with Crippen LogP contribution in [0.15, 0.2) is 45.5 Å². The summed E-state index contributed by atoms with van der Waals surface area (Å²) < 4.78 is 5.49. The average molecular weight is 313 g/mol. The van der Waals surface area contributed by atoms with Gasteiger partial charge in [-0.3, -0.25) is 4.79 Å². The van der Waals surface area contributed by atoms with Gasteiger partial charge in [0.1, 0.15) is 6.42 Å².